The first kappa shape index (κ1) is 12.5. The zero-order chi connectivity index (χ0) is 13.1. The molecule has 0 atom stereocenters. The van der Waals surface area contributed by atoms with Crippen LogP contribution in [0.2, 0.25) is 0 Å². The Hall–Kier alpha value is -1.97. The molecule has 0 fully saturated rings. The maximum atomic E-state index is 5.19. The van der Waals surface area contributed by atoms with E-state index >= 15 is 0 Å². The normalized spacial score (nSPS) is 10.4. The van der Waals surface area contributed by atoms with Gasteiger partial charge in [-0.3, -0.25) is 0 Å². The van der Waals surface area contributed by atoms with Crippen LogP contribution in [0.5, 0.6) is 5.88 Å². The quantitative estimate of drug-likeness (QED) is 0.900. The molecule has 0 saturated heterocycles. The average Bonchev–Trinajstić information content (AvgIpc) is 2.69. The van der Waals surface area contributed by atoms with Crippen LogP contribution in [-0.2, 0) is 13.6 Å². The second kappa shape index (κ2) is 5.12. The van der Waals surface area contributed by atoms with Crippen LogP contribution in [0.25, 0.3) is 0 Å². The van der Waals surface area contributed by atoms with Crippen molar-refractivity contribution in [2.75, 3.05) is 12.4 Å². The van der Waals surface area contributed by atoms with E-state index in [1.807, 2.05) is 13.1 Å². The molecule has 1 aromatic heterocycles. The van der Waals surface area contributed by atoms with E-state index in [0.717, 1.165) is 18.2 Å². The van der Waals surface area contributed by atoms with Crippen LogP contribution in [0, 0.1) is 13.8 Å². The Morgan fingerprint density at radius 1 is 1.28 bits per heavy atom. The number of aryl methyl sites for hydroxylation is 3. The molecular formula is C14H19N3O. The number of ether oxygens (including phenoxy) is 1. The molecule has 1 heterocycles. The van der Waals surface area contributed by atoms with Crippen LogP contribution in [0.4, 0.5) is 5.82 Å². The van der Waals surface area contributed by atoms with E-state index in [2.05, 4.69) is 42.5 Å². The van der Waals surface area contributed by atoms with E-state index in [0.29, 0.717) is 0 Å². The molecule has 0 radical (unpaired) electrons. The highest BCUT2D eigenvalue weighted by Crippen LogP contribution is 2.18. The standard InChI is InChI=1S/C14H19N3O/c1-10-6-5-7-11(2)12(10)9-15-13-8-14(18-4)17(3)16-13/h5-8H,9H2,1-4H3,(H,15,16). The maximum Gasteiger partial charge on any atom is 0.213 e. The lowest BCUT2D eigenvalue weighted by Crippen LogP contribution is -2.04. The van der Waals surface area contributed by atoms with Crippen LogP contribution >= 0.6 is 0 Å². The molecule has 0 aliphatic heterocycles. The van der Waals surface area contributed by atoms with Gasteiger partial charge in [0.05, 0.1) is 7.11 Å². The van der Waals surface area contributed by atoms with Crippen LogP contribution < -0.4 is 10.1 Å². The van der Waals surface area contributed by atoms with Crippen LogP contribution in [-0.4, -0.2) is 16.9 Å². The number of anilines is 1. The van der Waals surface area contributed by atoms with Gasteiger partial charge < -0.3 is 10.1 Å². The lowest BCUT2D eigenvalue weighted by atomic mass is 10.0. The van der Waals surface area contributed by atoms with Crippen molar-refractivity contribution in [3.63, 3.8) is 0 Å². The van der Waals surface area contributed by atoms with Gasteiger partial charge in [0.2, 0.25) is 5.88 Å². The second-order valence-electron chi connectivity index (χ2n) is 4.42. The molecule has 0 amide bonds. The molecule has 0 spiro atoms. The summed E-state index contributed by atoms with van der Waals surface area (Å²) in [6.07, 6.45) is 0. The maximum absolute atomic E-state index is 5.19. The van der Waals surface area contributed by atoms with Crippen molar-refractivity contribution in [3.8, 4) is 5.88 Å². The van der Waals surface area contributed by atoms with Gasteiger partial charge in [0.1, 0.15) is 0 Å². The van der Waals surface area contributed by atoms with E-state index in [1.165, 1.54) is 16.7 Å². The fraction of sp³-hybridized carbons (Fsp3) is 0.357. The Kier molecular flexibility index (Phi) is 3.55. The first-order valence-corrected chi connectivity index (χ1v) is 5.99. The molecule has 18 heavy (non-hydrogen) atoms. The monoisotopic (exact) mass is 245 g/mol. The molecule has 0 bridgehead atoms. The van der Waals surface area contributed by atoms with Gasteiger partial charge >= 0.3 is 0 Å². The zero-order valence-electron chi connectivity index (χ0n) is 11.3. The van der Waals surface area contributed by atoms with Gasteiger partial charge in [0.25, 0.3) is 0 Å². The molecule has 0 unspecified atom stereocenters. The number of nitrogens with one attached hydrogen (secondary N) is 1. The van der Waals surface area contributed by atoms with Gasteiger partial charge in [-0.2, -0.15) is 5.10 Å². The third-order valence-electron chi connectivity index (χ3n) is 3.14. The zero-order valence-corrected chi connectivity index (χ0v) is 11.3. The van der Waals surface area contributed by atoms with E-state index in [4.69, 9.17) is 4.74 Å². The summed E-state index contributed by atoms with van der Waals surface area (Å²) in [7, 11) is 3.51. The predicted molar refractivity (Wildman–Crippen MR) is 73.0 cm³/mol. The van der Waals surface area contributed by atoms with Gasteiger partial charge in [-0.15, -0.1) is 0 Å². The summed E-state index contributed by atoms with van der Waals surface area (Å²) in [5, 5.41) is 7.66. The minimum Gasteiger partial charge on any atom is -0.481 e. The summed E-state index contributed by atoms with van der Waals surface area (Å²) in [6, 6.07) is 8.23. The molecule has 4 nitrogen and oxygen atoms in total. The molecule has 2 rings (SSSR count). The summed E-state index contributed by atoms with van der Waals surface area (Å²) in [5.41, 5.74) is 3.91. The number of methoxy groups -OCH3 is 1. The van der Waals surface area contributed by atoms with Gasteiger partial charge in [-0.25, -0.2) is 4.68 Å². The average molecular weight is 245 g/mol. The molecule has 96 valence electrons. The fourth-order valence-electron chi connectivity index (χ4n) is 2.03. The molecule has 0 saturated carbocycles. The third kappa shape index (κ3) is 2.47. The highest BCUT2D eigenvalue weighted by molar-refractivity contribution is 5.42. The Morgan fingerprint density at radius 2 is 1.94 bits per heavy atom. The number of rotatable bonds is 4. The molecule has 4 heteroatoms. The van der Waals surface area contributed by atoms with Gasteiger partial charge in [0.15, 0.2) is 5.82 Å². The summed E-state index contributed by atoms with van der Waals surface area (Å²) in [5.74, 6) is 1.58. The smallest absolute Gasteiger partial charge is 0.213 e. The molecule has 0 aliphatic carbocycles. The summed E-state index contributed by atoms with van der Waals surface area (Å²) in [6.45, 7) is 5.03. The van der Waals surface area contributed by atoms with Crippen molar-refractivity contribution >= 4 is 5.82 Å². The molecule has 2 aromatic rings. The number of nitrogens with zero attached hydrogens (tertiary/aromatic N) is 2. The predicted octanol–water partition coefficient (Wildman–Crippen LogP) is 2.66. The van der Waals surface area contributed by atoms with Crippen molar-refractivity contribution in [3.05, 3.63) is 41.0 Å². The molecule has 1 N–H and O–H groups in total. The minimum atomic E-state index is 0.749. The van der Waals surface area contributed by atoms with Gasteiger partial charge in [0, 0.05) is 19.7 Å². The molecular weight excluding hydrogens is 226 g/mol. The van der Waals surface area contributed by atoms with Crippen LogP contribution in [0.3, 0.4) is 0 Å². The summed E-state index contributed by atoms with van der Waals surface area (Å²) >= 11 is 0. The van der Waals surface area contributed by atoms with E-state index in [-0.39, 0.29) is 0 Å². The largest absolute Gasteiger partial charge is 0.481 e. The van der Waals surface area contributed by atoms with E-state index in [1.54, 1.807) is 11.8 Å². The summed E-state index contributed by atoms with van der Waals surface area (Å²) < 4.78 is 6.90. The highest BCUT2D eigenvalue weighted by Gasteiger charge is 2.06. The van der Waals surface area contributed by atoms with E-state index < -0.39 is 0 Å². The Bertz CT molecular complexity index is 526. The van der Waals surface area contributed by atoms with Crippen molar-refractivity contribution in [1.29, 1.82) is 0 Å². The Labute approximate surface area is 108 Å². The summed E-state index contributed by atoms with van der Waals surface area (Å²) in [4.78, 5) is 0. The van der Waals surface area contributed by atoms with Crippen LogP contribution in [0.1, 0.15) is 16.7 Å². The SMILES string of the molecule is COc1cc(NCc2c(C)cccc2C)nn1C. The highest BCUT2D eigenvalue weighted by atomic mass is 16.5. The van der Waals surface area contributed by atoms with Crippen LogP contribution in [0.15, 0.2) is 24.3 Å². The lowest BCUT2D eigenvalue weighted by Gasteiger charge is -2.09. The lowest BCUT2D eigenvalue weighted by molar-refractivity contribution is 0.373. The number of hydrogen-bond donors (Lipinski definition) is 1. The van der Waals surface area contributed by atoms with Crippen molar-refractivity contribution in [1.82, 2.24) is 9.78 Å². The van der Waals surface area contributed by atoms with Gasteiger partial charge in [-0.1, -0.05) is 18.2 Å². The van der Waals surface area contributed by atoms with Crippen molar-refractivity contribution in [2.24, 2.45) is 7.05 Å². The number of benzene rings is 1. The molecule has 1 aromatic carbocycles. The van der Waals surface area contributed by atoms with E-state index in [9.17, 15) is 0 Å². The van der Waals surface area contributed by atoms with Crippen molar-refractivity contribution < 1.29 is 4.74 Å². The number of hydrogen-bond acceptors (Lipinski definition) is 3. The Morgan fingerprint density at radius 3 is 2.50 bits per heavy atom. The number of aromatic nitrogens is 2. The molecule has 0 aliphatic rings. The third-order valence-corrected chi connectivity index (χ3v) is 3.14. The van der Waals surface area contributed by atoms with Crippen molar-refractivity contribution in [2.45, 2.75) is 20.4 Å². The topological polar surface area (TPSA) is 39.1 Å². The first-order chi connectivity index (χ1) is 8.61. The Balaban J connectivity index is 2.11. The van der Waals surface area contributed by atoms with Gasteiger partial charge in [-0.05, 0) is 30.5 Å². The minimum absolute atomic E-state index is 0.749. The first-order valence-electron chi connectivity index (χ1n) is 5.99. The fourth-order valence-corrected chi connectivity index (χ4v) is 2.03. The second-order valence-corrected chi connectivity index (χ2v) is 4.42.